The predicted octanol–water partition coefficient (Wildman–Crippen LogP) is 2.92. The summed E-state index contributed by atoms with van der Waals surface area (Å²) < 4.78 is 3.81. The topological polar surface area (TPSA) is 58.1 Å². The zero-order valence-electron chi connectivity index (χ0n) is 12.8. The molecule has 0 saturated carbocycles. The monoisotopic (exact) mass is 338 g/mol. The number of nitrogens with zero attached hydrogens (tertiary/aromatic N) is 3. The van der Waals surface area contributed by atoms with Crippen molar-refractivity contribution >= 4 is 29.0 Å². The summed E-state index contributed by atoms with van der Waals surface area (Å²) in [5.74, 6) is -0.190. The summed E-state index contributed by atoms with van der Waals surface area (Å²) in [5, 5.41) is 7.63. The number of rotatable bonds is 6. The van der Waals surface area contributed by atoms with Gasteiger partial charge >= 0.3 is 0 Å². The molecule has 0 aliphatic heterocycles. The average molecular weight is 339 g/mol. The highest BCUT2D eigenvalue weighted by atomic mass is 35.5. The number of aryl methyl sites for hydroxylation is 1. The van der Waals surface area contributed by atoms with Crippen LogP contribution < -0.4 is 5.32 Å². The maximum Gasteiger partial charge on any atom is 0.273 e. The normalized spacial score (nSPS) is 12.4. The van der Waals surface area contributed by atoms with E-state index in [-0.39, 0.29) is 11.9 Å². The van der Waals surface area contributed by atoms with Gasteiger partial charge in [-0.15, -0.1) is 5.10 Å². The van der Waals surface area contributed by atoms with E-state index in [2.05, 4.69) is 19.8 Å². The van der Waals surface area contributed by atoms with Crippen molar-refractivity contribution in [3.05, 3.63) is 45.4 Å². The third-order valence-corrected chi connectivity index (χ3v) is 4.19. The summed E-state index contributed by atoms with van der Waals surface area (Å²) in [4.78, 5) is 15.3. The van der Waals surface area contributed by atoms with E-state index in [0.717, 1.165) is 23.4 Å². The zero-order chi connectivity index (χ0) is 16.1. The first-order valence-electron chi connectivity index (χ1n) is 6.97. The second-order valence-corrected chi connectivity index (χ2v) is 6.74. The molecule has 2 rings (SSSR count). The second-order valence-electron chi connectivity index (χ2n) is 5.35. The summed E-state index contributed by atoms with van der Waals surface area (Å²) >= 11 is 7.17. The van der Waals surface area contributed by atoms with Gasteiger partial charge < -0.3 is 10.2 Å². The molecule has 0 aliphatic carbocycles. The number of carbonyl (C=O) groups is 1. The maximum atomic E-state index is 12.4. The van der Waals surface area contributed by atoms with Crippen LogP contribution >= 0.6 is 23.1 Å². The molecule has 0 bridgehead atoms. The summed E-state index contributed by atoms with van der Waals surface area (Å²) in [6.07, 6.45) is 0.803. The smallest absolute Gasteiger partial charge is 0.273 e. The number of hydrogen-bond acceptors (Lipinski definition) is 5. The van der Waals surface area contributed by atoms with Gasteiger partial charge in [0.05, 0.1) is 10.9 Å². The molecule has 118 valence electrons. The van der Waals surface area contributed by atoms with Crippen LogP contribution in [0, 0.1) is 6.92 Å². The first kappa shape index (κ1) is 16.9. The van der Waals surface area contributed by atoms with Crippen LogP contribution in [0.3, 0.4) is 0 Å². The Hall–Kier alpha value is -1.50. The standard InChI is InChI=1S/C15H19ClN4OS/c1-10-14(18-19-22-10)15(21)17-13(8-9-20(2)3)11-4-6-12(16)7-5-11/h4-7,13H,8-9H2,1-3H3,(H,17,21)/t13-/m0/s1. The molecule has 0 aliphatic rings. The van der Waals surface area contributed by atoms with Crippen molar-refractivity contribution in [3.8, 4) is 0 Å². The second kappa shape index (κ2) is 7.67. The highest BCUT2D eigenvalue weighted by Gasteiger charge is 2.19. The van der Waals surface area contributed by atoms with Crippen LogP contribution in [-0.2, 0) is 0 Å². The van der Waals surface area contributed by atoms with Crippen molar-refractivity contribution in [2.45, 2.75) is 19.4 Å². The summed E-state index contributed by atoms with van der Waals surface area (Å²) in [5.41, 5.74) is 1.43. The van der Waals surface area contributed by atoms with Gasteiger partial charge in [-0.05, 0) is 63.2 Å². The minimum atomic E-state index is -0.190. The van der Waals surface area contributed by atoms with Crippen LogP contribution in [0.1, 0.15) is 33.4 Å². The van der Waals surface area contributed by atoms with Gasteiger partial charge in [0.2, 0.25) is 0 Å². The van der Waals surface area contributed by atoms with E-state index in [9.17, 15) is 4.79 Å². The van der Waals surface area contributed by atoms with Crippen molar-refractivity contribution in [2.24, 2.45) is 0 Å². The van der Waals surface area contributed by atoms with Gasteiger partial charge in [0, 0.05) is 5.02 Å². The molecule has 1 N–H and O–H groups in total. The van der Waals surface area contributed by atoms with Crippen molar-refractivity contribution in [2.75, 3.05) is 20.6 Å². The lowest BCUT2D eigenvalue weighted by Crippen LogP contribution is -2.31. The van der Waals surface area contributed by atoms with E-state index in [1.54, 1.807) is 0 Å². The molecular formula is C15H19ClN4OS. The number of amides is 1. The Bertz CT molecular complexity index is 627. The van der Waals surface area contributed by atoms with Crippen molar-refractivity contribution in [3.63, 3.8) is 0 Å². The Labute approximate surface area is 139 Å². The average Bonchev–Trinajstić information content (AvgIpc) is 2.90. The number of nitrogens with one attached hydrogen (secondary N) is 1. The van der Waals surface area contributed by atoms with Gasteiger partial charge in [0.1, 0.15) is 0 Å². The summed E-state index contributed by atoms with van der Waals surface area (Å²) in [6.45, 7) is 2.71. The molecule has 1 aromatic carbocycles. The van der Waals surface area contributed by atoms with Crippen LogP contribution in [0.15, 0.2) is 24.3 Å². The SMILES string of the molecule is Cc1snnc1C(=O)N[C@@H](CCN(C)C)c1ccc(Cl)cc1. The van der Waals surface area contributed by atoms with E-state index in [4.69, 9.17) is 11.6 Å². The number of benzene rings is 1. The van der Waals surface area contributed by atoms with E-state index < -0.39 is 0 Å². The molecular weight excluding hydrogens is 320 g/mol. The van der Waals surface area contributed by atoms with Crippen LogP contribution in [-0.4, -0.2) is 41.0 Å². The summed E-state index contributed by atoms with van der Waals surface area (Å²) in [7, 11) is 4.02. The molecule has 1 aromatic heterocycles. The first-order valence-corrected chi connectivity index (χ1v) is 8.12. The van der Waals surface area contributed by atoms with Gasteiger partial charge in [-0.2, -0.15) is 0 Å². The van der Waals surface area contributed by atoms with Gasteiger partial charge in [-0.25, -0.2) is 0 Å². The zero-order valence-corrected chi connectivity index (χ0v) is 14.4. The Morgan fingerprint density at radius 3 is 2.59 bits per heavy atom. The molecule has 0 fully saturated rings. The van der Waals surface area contributed by atoms with Crippen molar-refractivity contribution < 1.29 is 4.79 Å². The molecule has 5 nitrogen and oxygen atoms in total. The van der Waals surface area contributed by atoms with Crippen LogP contribution in [0.2, 0.25) is 5.02 Å². The van der Waals surface area contributed by atoms with E-state index in [1.807, 2.05) is 45.3 Å². The lowest BCUT2D eigenvalue weighted by Gasteiger charge is -2.21. The largest absolute Gasteiger partial charge is 0.344 e. The molecule has 0 unspecified atom stereocenters. The van der Waals surface area contributed by atoms with E-state index >= 15 is 0 Å². The van der Waals surface area contributed by atoms with Crippen LogP contribution in [0.4, 0.5) is 0 Å². The van der Waals surface area contributed by atoms with Gasteiger partial charge in [0.15, 0.2) is 5.69 Å². The Morgan fingerprint density at radius 2 is 2.05 bits per heavy atom. The predicted molar refractivity (Wildman–Crippen MR) is 89.5 cm³/mol. The molecule has 1 amide bonds. The van der Waals surface area contributed by atoms with E-state index in [1.165, 1.54) is 11.5 Å². The lowest BCUT2D eigenvalue weighted by molar-refractivity contribution is 0.0927. The minimum absolute atomic E-state index is 0.0896. The van der Waals surface area contributed by atoms with Gasteiger partial charge in [0.25, 0.3) is 5.91 Å². The Balaban J connectivity index is 2.15. The quantitative estimate of drug-likeness (QED) is 0.879. The highest BCUT2D eigenvalue weighted by Crippen LogP contribution is 2.21. The number of aromatic nitrogens is 2. The van der Waals surface area contributed by atoms with Crippen molar-refractivity contribution in [1.82, 2.24) is 19.8 Å². The summed E-state index contributed by atoms with van der Waals surface area (Å²) in [6, 6.07) is 7.46. The van der Waals surface area contributed by atoms with E-state index in [0.29, 0.717) is 10.7 Å². The fraction of sp³-hybridized carbons (Fsp3) is 0.400. The van der Waals surface area contributed by atoms with Crippen LogP contribution in [0.25, 0.3) is 0 Å². The fourth-order valence-corrected chi connectivity index (χ4v) is 2.66. The van der Waals surface area contributed by atoms with Crippen molar-refractivity contribution in [1.29, 1.82) is 0 Å². The first-order chi connectivity index (χ1) is 10.5. The number of halogens is 1. The molecule has 0 saturated heterocycles. The molecule has 0 radical (unpaired) electrons. The third kappa shape index (κ3) is 4.50. The molecule has 1 atom stereocenters. The minimum Gasteiger partial charge on any atom is -0.344 e. The maximum absolute atomic E-state index is 12.4. The van der Waals surface area contributed by atoms with Gasteiger partial charge in [-0.3, -0.25) is 4.79 Å². The molecule has 0 spiro atoms. The highest BCUT2D eigenvalue weighted by molar-refractivity contribution is 7.05. The molecule has 2 aromatic rings. The molecule has 22 heavy (non-hydrogen) atoms. The van der Waals surface area contributed by atoms with Crippen LogP contribution in [0.5, 0.6) is 0 Å². The Kier molecular flexibility index (Phi) is 5.88. The van der Waals surface area contributed by atoms with Gasteiger partial charge in [-0.1, -0.05) is 28.2 Å². The molecule has 7 heteroatoms. The number of hydrogen-bond donors (Lipinski definition) is 1. The number of carbonyl (C=O) groups excluding carboxylic acids is 1. The third-order valence-electron chi connectivity index (χ3n) is 3.31. The molecule has 1 heterocycles. The fourth-order valence-electron chi connectivity index (χ4n) is 2.07. The Morgan fingerprint density at radius 1 is 1.36 bits per heavy atom. The lowest BCUT2D eigenvalue weighted by atomic mass is 10.0.